The average molecular weight is 387 g/mol. The maximum atomic E-state index is 13.0. The first-order chi connectivity index (χ1) is 12.7. The van der Waals surface area contributed by atoms with E-state index in [1.807, 2.05) is 32.9 Å². The Labute approximate surface area is 166 Å². The minimum atomic E-state index is -0.380. The Balaban J connectivity index is 2.00. The second kappa shape index (κ2) is 7.63. The molecule has 0 spiro atoms. The molecule has 0 saturated carbocycles. The number of likely N-dealkylation sites (tertiary alicyclic amines) is 1. The summed E-state index contributed by atoms with van der Waals surface area (Å²) in [7, 11) is 3.60. The van der Waals surface area contributed by atoms with E-state index in [-0.39, 0.29) is 23.3 Å². The molecule has 1 aliphatic heterocycles. The van der Waals surface area contributed by atoms with Gasteiger partial charge in [-0.15, -0.1) is 11.3 Å². The van der Waals surface area contributed by atoms with Gasteiger partial charge in [0.2, 0.25) is 5.91 Å². The Bertz CT molecular complexity index is 848. The van der Waals surface area contributed by atoms with Crippen molar-refractivity contribution in [3.8, 4) is 0 Å². The van der Waals surface area contributed by atoms with Gasteiger partial charge in [-0.25, -0.2) is 0 Å². The molecular weight excluding hydrogens is 356 g/mol. The molecule has 5 heteroatoms. The van der Waals surface area contributed by atoms with Crippen molar-refractivity contribution in [1.29, 1.82) is 0 Å². The number of hydrogen-bond acceptors (Lipinski definition) is 3. The van der Waals surface area contributed by atoms with Gasteiger partial charge in [-0.2, -0.15) is 0 Å². The molecule has 27 heavy (non-hydrogen) atoms. The molecular formula is C22H30N2O2S. The first kappa shape index (κ1) is 19.9. The van der Waals surface area contributed by atoms with E-state index in [9.17, 15) is 9.59 Å². The zero-order valence-corrected chi connectivity index (χ0v) is 17.9. The van der Waals surface area contributed by atoms with Gasteiger partial charge in [0.1, 0.15) is 0 Å². The number of nitrogens with zero attached hydrogens (tertiary/aromatic N) is 2. The van der Waals surface area contributed by atoms with Crippen molar-refractivity contribution in [1.82, 2.24) is 9.80 Å². The predicted octanol–water partition coefficient (Wildman–Crippen LogP) is 4.57. The standard InChI is InChI=1S/C22H30N2O2S/c1-22(2,3)21(26)24-13-9-8-10-15(24)14-17-16-11-6-7-12-18(16)27-19(17)20(25)23(4)5/h6-7,11-12,15H,8-10,13-14H2,1-5H3. The summed E-state index contributed by atoms with van der Waals surface area (Å²) in [5.74, 6) is 0.267. The van der Waals surface area contributed by atoms with Gasteiger partial charge in [-0.1, -0.05) is 39.0 Å². The van der Waals surface area contributed by atoms with Crippen LogP contribution in [0.3, 0.4) is 0 Å². The summed E-state index contributed by atoms with van der Waals surface area (Å²) in [6, 6.07) is 8.39. The topological polar surface area (TPSA) is 40.6 Å². The van der Waals surface area contributed by atoms with Crippen molar-refractivity contribution in [2.45, 2.75) is 52.5 Å². The van der Waals surface area contributed by atoms with Gasteiger partial charge in [0.15, 0.2) is 0 Å². The van der Waals surface area contributed by atoms with Crippen LogP contribution in [0.25, 0.3) is 10.1 Å². The van der Waals surface area contributed by atoms with E-state index < -0.39 is 0 Å². The third kappa shape index (κ3) is 4.03. The molecule has 0 radical (unpaired) electrons. The summed E-state index contributed by atoms with van der Waals surface area (Å²) >= 11 is 1.57. The monoisotopic (exact) mass is 386 g/mol. The molecule has 1 fully saturated rings. The average Bonchev–Trinajstić information content (AvgIpc) is 2.98. The van der Waals surface area contributed by atoms with Crippen molar-refractivity contribution >= 4 is 33.2 Å². The fourth-order valence-corrected chi connectivity index (χ4v) is 5.08. The minimum Gasteiger partial charge on any atom is -0.344 e. The number of amides is 2. The summed E-state index contributed by atoms with van der Waals surface area (Å²) in [6.07, 6.45) is 3.95. The van der Waals surface area contributed by atoms with E-state index in [1.165, 1.54) is 0 Å². The highest BCUT2D eigenvalue weighted by atomic mass is 32.1. The highest BCUT2D eigenvalue weighted by Gasteiger charge is 2.34. The van der Waals surface area contributed by atoms with E-state index >= 15 is 0 Å². The van der Waals surface area contributed by atoms with Crippen molar-refractivity contribution < 1.29 is 9.59 Å². The normalized spacial score (nSPS) is 18.0. The van der Waals surface area contributed by atoms with Crippen LogP contribution in [0, 0.1) is 5.41 Å². The van der Waals surface area contributed by atoms with Crippen molar-refractivity contribution in [2.24, 2.45) is 5.41 Å². The number of thiophene rings is 1. The summed E-state index contributed by atoms with van der Waals surface area (Å²) < 4.78 is 1.14. The van der Waals surface area contributed by atoms with Crippen LogP contribution in [0.15, 0.2) is 24.3 Å². The molecule has 1 atom stereocenters. The van der Waals surface area contributed by atoms with E-state index in [0.717, 1.165) is 52.8 Å². The van der Waals surface area contributed by atoms with Crippen LogP contribution in [-0.4, -0.2) is 48.3 Å². The van der Waals surface area contributed by atoms with E-state index in [2.05, 4.69) is 17.0 Å². The lowest BCUT2D eigenvalue weighted by Gasteiger charge is -2.39. The number of carbonyl (C=O) groups excluding carboxylic acids is 2. The number of benzene rings is 1. The van der Waals surface area contributed by atoms with Crippen LogP contribution in [0.4, 0.5) is 0 Å². The molecule has 2 heterocycles. The van der Waals surface area contributed by atoms with E-state index in [1.54, 1.807) is 30.3 Å². The van der Waals surface area contributed by atoms with Gasteiger partial charge >= 0.3 is 0 Å². The van der Waals surface area contributed by atoms with Crippen molar-refractivity contribution in [3.63, 3.8) is 0 Å². The molecule has 1 aliphatic rings. The quantitative estimate of drug-likeness (QED) is 0.775. The lowest BCUT2D eigenvalue weighted by molar-refractivity contribution is -0.143. The molecule has 1 unspecified atom stereocenters. The Kier molecular flexibility index (Phi) is 5.61. The second-order valence-electron chi connectivity index (χ2n) is 8.71. The van der Waals surface area contributed by atoms with Crippen LogP contribution in [0.2, 0.25) is 0 Å². The molecule has 2 aromatic rings. The Hall–Kier alpha value is -1.88. The molecule has 1 saturated heterocycles. The Morgan fingerprint density at radius 2 is 1.89 bits per heavy atom. The second-order valence-corrected chi connectivity index (χ2v) is 9.76. The zero-order valence-electron chi connectivity index (χ0n) is 17.0. The highest BCUT2D eigenvalue weighted by Crippen LogP contribution is 2.35. The van der Waals surface area contributed by atoms with Crippen molar-refractivity contribution in [2.75, 3.05) is 20.6 Å². The van der Waals surface area contributed by atoms with Crippen LogP contribution < -0.4 is 0 Å². The lowest BCUT2D eigenvalue weighted by Crippen LogP contribution is -2.49. The summed E-state index contributed by atoms with van der Waals surface area (Å²) in [5, 5.41) is 1.15. The molecule has 1 aromatic heterocycles. The predicted molar refractivity (Wildman–Crippen MR) is 112 cm³/mol. The highest BCUT2D eigenvalue weighted by molar-refractivity contribution is 7.21. The number of rotatable bonds is 3. The van der Waals surface area contributed by atoms with Gasteiger partial charge < -0.3 is 9.80 Å². The van der Waals surface area contributed by atoms with Crippen LogP contribution in [0.1, 0.15) is 55.3 Å². The number of carbonyl (C=O) groups is 2. The molecule has 0 aliphatic carbocycles. The minimum absolute atomic E-state index is 0.0516. The summed E-state index contributed by atoms with van der Waals surface area (Å²) in [6.45, 7) is 6.78. The number of hydrogen-bond donors (Lipinski definition) is 0. The molecule has 146 valence electrons. The first-order valence-electron chi connectivity index (χ1n) is 9.73. The molecule has 0 N–H and O–H groups in total. The number of fused-ring (bicyclic) bond motifs is 1. The van der Waals surface area contributed by atoms with Gasteiger partial charge in [0.05, 0.1) is 4.88 Å². The van der Waals surface area contributed by atoms with Gasteiger partial charge in [0.25, 0.3) is 5.91 Å². The van der Waals surface area contributed by atoms with E-state index in [0.29, 0.717) is 0 Å². The Morgan fingerprint density at radius 3 is 2.56 bits per heavy atom. The van der Waals surface area contributed by atoms with Crippen LogP contribution >= 0.6 is 11.3 Å². The molecule has 0 bridgehead atoms. The fourth-order valence-electron chi connectivity index (χ4n) is 3.82. The molecule has 2 amide bonds. The third-order valence-electron chi connectivity index (χ3n) is 5.27. The van der Waals surface area contributed by atoms with Crippen LogP contribution in [-0.2, 0) is 11.2 Å². The first-order valence-corrected chi connectivity index (χ1v) is 10.5. The largest absolute Gasteiger partial charge is 0.344 e. The molecule has 4 nitrogen and oxygen atoms in total. The zero-order chi connectivity index (χ0) is 19.8. The van der Waals surface area contributed by atoms with E-state index in [4.69, 9.17) is 0 Å². The SMILES string of the molecule is CN(C)C(=O)c1sc2ccccc2c1CC1CCCCN1C(=O)C(C)(C)C. The smallest absolute Gasteiger partial charge is 0.263 e. The van der Waals surface area contributed by atoms with Gasteiger partial charge in [-0.05, 0) is 42.7 Å². The molecule has 1 aromatic carbocycles. The van der Waals surface area contributed by atoms with Gasteiger partial charge in [-0.3, -0.25) is 9.59 Å². The number of piperidine rings is 1. The third-order valence-corrected chi connectivity index (χ3v) is 6.47. The lowest BCUT2D eigenvalue weighted by atomic mass is 9.89. The maximum absolute atomic E-state index is 13.0. The summed E-state index contributed by atoms with van der Waals surface area (Å²) in [5.41, 5.74) is 0.724. The Morgan fingerprint density at radius 1 is 1.19 bits per heavy atom. The fraction of sp³-hybridized carbons (Fsp3) is 0.545. The molecule has 3 rings (SSSR count). The maximum Gasteiger partial charge on any atom is 0.263 e. The van der Waals surface area contributed by atoms with Gasteiger partial charge in [0, 0.05) is 36.8 Å². The van der Waals surface area contributed by atoms with Crippen molar-refractivity contribution in [3.05, 3.63) is 34.7 Å². The summed E-state index contributed by atoms with van der Waals surface area (Å²) in [4.78, 5) is 30.3. The van der Waals surface area contributed by atoms with Crippen LogP contribution in [0.5, 0.6) is 0 Å².